The van der Waals surface area contributed by atoms with E-state index in [0.29, 0.717) is 0 Å². The van der Waals surface area contributed by atoms with Gasteiger partial charge in [-0.1, -0.05) is 42.5 Å². The SMILES string of the molecule is Cc1ccccc1-c1cc(-c2cccnc2)ccc1C. The minimum atomic E-state index is 1.15. The van der Waals surface area contributed by atoms with Gasteiger partial charge < -0.3 is 0 Å². The van der Waals surface area contributed by atoms with E-state index in [-0.39, 0.29) is 0 Å². The van der Waals surface area contributed by atoms with Crippen molar-refractivity contribution in [3.8, 4) is 22.3 Å². The number of benzene rings is 2. The molecule has 0 amide bonds. The van der Waals surface area contributed by atoms with Gasteiger partial charge in [0.15, 0.2) is 0 Å². The summed E-state index contributed by atoms with van der Waals surface area (Å²) in [5.41, 5.74) is 7.57. The van der Waals surface area contributed by atoms with Gasteiger partial charge in [-0.2, -0.15) is 0 Å². The highest BCUT2D eigenvalue weighted by molar-refractivity contribution is 5.76. The first-order chi connectivity index (χ1) is 9.75. The maximum absolute atomic E-state index is 4.20. The molecule has 1 heteroatoms. The van der Waals surface area contributed by atoms with E-state index >= 15 is 0 Å². The highest BCUT2D eigenvalue weighted by Gasteiger charge is 2.07. The lowest BCUT2D eigenvalue weighted by molar-refractivity contribution is 1.33. The third-order valence-corrected chi connectivity index (χ3v) is 3.67. The van der Waals surface area contributed by atoms with Crippen molar-refractivity contribution in [3.05, 3.63) is 78.1 Å². The molecule has 98 valence electrons. The minimum absolute atomic E-state index is 1.15. The molecule has 0 fully saturated rings. The van der Waals surface area contributed by atoms with Gasteiger partial charge in [-0.3, -0.25) is 4.98 Å². The van der Waals surface area contributed by atoms with E-state index in [0.717, 1.165) is 5.56 Å². The normalized spacial score (nSPS) is 10.5. The zero-order valence-corrected chi connectivity index (χ0v) is 11.8. The van der Waals surface area contributed by atoms with E-state index in [1.54, 1.807) is 6.20 Å². The van der Waals surface area contributed by atoms with Crippen LogP contribution in [-0.4, -0.2) is 4.98 Å². The van der Waals surface area contributed by atoms with Crippen LogP contribution in [0.15, 0.2) is 67.0 Å². The Bertz CT molecular complexity index is 730. The van der Waals surface area contributed by atoms with E-state index < -0.39 is 0 Å². The van der Waals surface area contributed by atoms with Crippen LogP contribution in [0, 0.1) is 13.8 Å². The molecule has 0 aliphatic rings. The molecule has 3 aromatic rings. The lowest BCUT2D eigenvalue weighted by atomic mass is 9.93. The van der Waals surface area contributed by atoms with Gasteiger partial charge in [-0.05, 0) is 53.8 Å². The van der Waals surface area contributed by atoms with Gasteiger partial charge in [0.1, 0.15) is 0 Å². The van der Waals surface area contributed by atoms with Crippen LogP contribution in [0.1, 0.15) is 11.1 Å². The van der Waals surface area contributed by atoms with Crippen molar-refractivity contribution in [2.45, 2.75) is 13.8 Å². The van der Waals surface area contributed by atoms with E-state index in [4.69, 9.17) is 0 Å². The second kappa shape index (κ2) is 5.30. The molecule has 3 rings (SSSR count). The first-order valence-electron chi connectivity index (χ1n) is 6.83. The summed E-state index contributed by atoms with van der Waals surface area (Å²) in [5, 5.41) is 0. The molecule has 0 radical (unpaired) electrons. The maximum atomic E-state index is 4.20. The number of nitrogens with zero attached hydrogens (tertiary/aromatic N) is 1. The quantitative estimate of drug-likeness (QED) is 0.628. The topological polar surface area (TPSA) is 12.9 Å². The molecule has 0 unspecified atom stereocenters. The standard InChI is InChI=1S/C19H17N/c1-14-6-3-4-8-18(14)19-12-16(10-9-15(19)2)17-7-5-11-20-13-17/h3-13H,1-2H3. The molecule has 1 nitrogen and oxygen atoms in total. The summed E-state index contributed by atoms with van der Waals surface area (Å²) in [6.07, 6.45) is 3.71. The molecule has 0 N–H and O–H groups in total. The summed E-state index contributed by atoms with van der Waals surface area (Å²) >= 11 is 0. The summed E-state index contributed by atoms with van der Waals surface area (Å²) in [5.74, 6) is 0. The smallest absolute Gasteiger partial charge is 0.0346 e. The second-order valence-corrected chi connectivity index (χ2v) is 5.09. The maximum Gasteiger partial charge on any atom is 0.0346 e. The summed E-state index contributed by atoms with van der Waals surface area (Å²) in [7, 11) is 0. The average Bonchev–Trinajstić information content (AvgIpc) is 2.49. The second-order valence-electron chi connectivity index (χ2n) is 5.09. The van der Waals surface area contributed by atoms with Crippen molar-refractivity contribution in [1.82, 2.24) is 4.98 Å². The zero-order valence-electron chi connectivity index (χ0n) is 11.8. The molecule has 20 heavy (non-hydrogen) atoms. The van der Waals surface area contributed by atoms with Crippen molar-refractivity contribution in [1.29, 1.82) is 0 Å². The zero-order chi connectivity index (χ0) is 13.9. The number of rotatable bonds is 2. The van der Waals surface area contributed by atoms with Crippen LogP contribution >= 0.6 is 0 Å². The molecular formula is C19H17N. The van der Waals surface area contributed by atoms with Gasteiger partial charge in [0.25, 0.3) is 0 Å². The highest BCUT2D eigenvalue weighted by Crippen LogP contribution is 2.30. The van der Waals surface area contributed by atoms with Crippen LogP contribution in [0.2, 0.25) is 0 Å². The summed E-state index contributed by atoms with van der Waals surface area (Å²) in [6.45, 7) is 4.32. The minimum Gasteiger partial charge on any atom is -0.264 e. The van der Waals surface area contributed by atoms with Crippen LogP contribution in [0.25, 0.3) is 22.3 Å². The van der Waals surface area contributed by atoms with E-state index in [9.17, 15) is 0 Å². The lowest BCUT2D eigenvalue weighted by Gasteiger charge is -2.11. The van der Waals surface area contributed by atoms with Gasteiger partial charge in [0.2, 0.25) is 0 Å². The Balaban J connectivity index is 2.15. The van der Waals surface area contributed by atoms with Gasteiger partial charge in [0.05, 0.1) is 0 Å². The number of aryl methyl sites for hydroxylation is 2. The third-order valence-electron chi connectivity index (χ3n) is 3.67. The first-order valence-corrected chi connectivity index (χ1v) is 6.83. The number of hydrogen-bond donors (Lipinski definition) is 0. The molecule has 2 aromatic carbocycles. The highest BCUT2D eigenvalue weighted by atomic mass is 14.6. The van der Waals surface area contributed by atoms with Gasteiger partial charge >= 0.3 is 0 Å². The first kappa shape index (κ1) is 12.6. The van der Waals surface area contributed by atoms with Gasteiger partial charge in [-0.25, -0.2) is 0 Å². The molecule has 1 heterocycles. The Morgan fingerprint density at radius 2 is 1.50 bits per heavy atom. The van der Waals surface area contributed by atoms with Gasteiger partial charge in [-0.15, -0.1) is 0 Å². The molecule has 0 atom stereocenters. The van der Waals surface area contributed by atoms with E-state index in [1.165, 1.54) is 27.8 Å². The number of aromatic nitrogens is 1. The fourth-order valence-corrected chi connectivity index (χ4v) is 2.50. The van der Waals surface area contributed by atoms with Crippen molar-refractivity contribution < 1.29 is 0 Å². The Hall–Kier alpha value is -2.41. The third kappa shape index (κ3) is 2.35. The van der Waals surface area contributed by atoms with Crippen LogP contribution in [0.5, 0.6) is 0 Å². The fraction of sp³-hybridized carbons (Fsp3) is 0.105. The van der Waals surface area contributed by atoms with Crippen LogP contribution in [0.4, 0.5) is 0 Å². The fourth-order valence-electron chi connectivity index (χ4n) is 2.50. The van der Waals surface area contributed by atoms with Crippen LogP contribution < -0.4 is 0 Å². The average molecular weight is 259 g/mol. The summed E-state index contributed by atoms with van der Waals surface area (Å²) in [6, 6.07) is 19.2. The lowest BCUT2D eigenvalue weighted by Crippen LogP contribution is -1.88. The van der Waals surface area contributed by atoms with E-state index in [1.807, 2.05) is 12.3 Å². The van der Waals surface area contributed by atoms with Gasteiger partial charge in [0, 0.05) is 18.0 Å². The summed E-state index contributed by atoms with van der Waals surface area (Å²) < 4.78 is 0. The molecule has 1 aromatic heterocycles. The van der Waals surface area contributed by atoms with Crippen molar-refractivity contribution in [2.75, 3.05) is 0 Å². The van der Waals surface area contributed by atoms with Crippen LogP contribution in [-0.2, 0) is 0 Å². The Kier molecular flexibility index (Phi) is 3.34. The van der Waals surface area contributed by atoms with Crippen molar-refractivity contribution in [3.63, 3.8) is 0 Å². The molecule has 0 aliphatic heterocycles. The molecule has 0 spiro atoms. The predicted octanol–water partition coefficient (Wildman–Crippen LogP) is 5.03. The van der Waals surface area contributed by atoms with Crippen molar-refractivity contribution >= 4 is 0 Å². The van der Waals surface area contributed by atoms with Crippen molar-refractivity contribution in [2.24, 2.45) is 0 Å². The van der Waals surface area contributed by atoms with E-state index in [2.05, 4.69) is 67.4 Å². The largest absolute Gasteiger partial charge is 0.264 e. The number of pyridine rings is 1. The Morgan fingerprint density at radius 3 is 2.25 bits per heavy atom. The molecule has 0 saturated heterocycles. The van der Waals surface area contributed by atoms with Crippen LogP contribution in [0.3, 0.4) is 0 Å². The molecule has 0 bridgehead atoms. The molecular weight excluding hydrogens is 242 g/mol. The number of hydrogen-bond acceptors (Lipinski definition) is 1. The Morgan fingerprint density at radius 1 is 0.700 bits per heavy atom. The monoisotopic (exact) mass is 259 g/mol. The summed E-state index contributed by atoms with van der Waals surface area (Å²) in [4.78, 5) is 4.20. The predicted molar refractivity (Wildman–Crippen MR) is 84.6 cm³/mol. The molecule has 0 aliphatic carbocycles. The molecule has 0 saturated carbocycles. The Labute approximate surface area is 119 Å².